The standard InChI is InChI=1S/C30H23Cl2N3O6S2/c1-14-9-18-10-16(5-8-22(18)41-14)26(37)24-25(15-4-7-21(36)23(11-15)40-2)35(28(39)27(24)38)29-33-34-30(43-29)42-13-17-3-6-19(31)12-20(17)32/h3-8,10-12,14,25,36-37H,9,13H2,1-2H3/b26-24+. The first-order valence-corrected chi connectivity index (χ1v) is 15.6. The predicted molar refractivity (Wildman–Crippen MR) is 166 cm³/mol. The molecule has 0 saturated carbocycles. The Hall–Kier alpha value is -3.77. The number of methoxy groups -OCH3 is 1. The number of phenolic OH excluding ortho intramolecular Hbond substituents is 1. The molecule has 0 spiro atoms. The van der Waals surface area contributed by atoms with Crippen molar-refractivity contribution in [2.24, 2.45) is 0 Å². The number of thioether (sulfide) groups is 1. The number of nitrogens with zero attached hydrogens (tertiary/aromatic N) is 3. The van der Waals surface area contributed by atoms with E-state index in [1.54, 1.807) is 36.4 Å². The molecular weight excluding hydrogens is 633 g/mol. The molecule has 2 N–H and O–H groups in total. The summed E-state index contributed by atoms with van der Waals surface area (Å²) in [7, 11) is 1.39. The van der Waals surface area contributed by atoms with Crippen LogP contribution in [0.5, 0.6) is 17.2 Å². The molecule has 13 heteroatoms. The highest BCUT2D eigenvalue weighted by atomic mass is 35.5. The molecule has 4 aromatic rings. The van der Waals surface area contributed by atoms with Gasteiger partial charge in [-0.3, -0.25) is 14.5 Å². The zero-order valence-corrected chi connectivity index (χ0v) is 25.9. The molecule has 0 radical (unpaired) electrons. The first-order valence-electron chi connectivity index (χ1n) is 13.0. The molecule has 9 nitrogen and oxygen atoms in total. The Morgan fingerprint density at radius 2 is 1.95 bits per heavy atom. The Labute approximate surface area is 264 Å². The molecule has 1 amide bonds. The van der Waals surface area contributed by atoms with Gasteiger partial charge < -0.3 is 19.7 Å². The summed E-state index contributed by atoms with van der Waals surface area (Å²) in [6.07, 6.45) is 0.637. The molecule has 0 bridgehead atoms. The van der Waals surface area contributed by atoms with E-state index >= 15 is 0 Å². The fourth-order valence-electron chi connectivity index (χ4n) is 5.07. The maximum atomic E-state index is 13.6. The number of hydrogen-bond acceptors (Lipinski definition) is 10. The Bertz CT molecular complexity index is 1810. The van der Waals surface area contributed by atoms with Crippen LogP contribution in [0.4, 0.5) is 5.13 Å². The van der Waals surface area contributed by atoms with Crippen LogP contribution in [0.2, 0.25) is 10.0 Å². The average molecular weight is 657 g/mol. The normalized spacial score (nSPS) is 19.0. The lowest BCUT2D eigenvalue weighted by atomic mass is 9.94. The lowest BCUT2D eigenvalue weighted by Crippen LogP contribution is -2.29. The van der Waals surface area contributed by atoms with Gasteiger partial charge in [-0.05, 0) is 66.1 Å². The lowest BCUT2D eigenvalue weighted by Gasteiger charge is -2.23. The number of aliphatic hydroxyl groups excluding tert-OH is 1. The van der Waals surface area contributed by atoms with E-state index in [-0.39, 0.29) is 34.1 Å². The monoisotopic (exact) mass is 655 g/mol. The lowest BCUT2D eigenvalue weighted by molar-refractivity contribution is -0.132. The molecule has 2 aliphatic rings. The van der Waals surface area contributed by atoms with Gasteiger partial charge in [0.15, 0.2) is 15.8 Å². The predicted octanol–water partition coefficient (Wildman–Crippen LogP) is 6.80. The number of aromatic hydroxyl groups is 1. The maximum absolute atomic E-state index is 13.6. The van der Waals surface area contributed by atoms with E-state index in [1.807, 2.05) is 13.0 Å². The van der Waals surface area contributed by atoms with Crippen LogP contribution >= 0.6 is 46.3 Å². The van der Waals surface area contributed by atoms with Crippen molar-refractivity contribution < 1.29 is 29.3 Å². The molecule has 3 heterocycles. The van der Waals surface area contributed by atoms with Gasteiger partial charge in [0.25, 0.3) is 5.78 Å². The Morgan fingerprint density at radius 1 is 1.14 bits per heavy atom. The topological polar surface area (TPSA) is 122 Å². The Balaban J connectivity index is 1.40. The molecule has 2 aliphatic heterocycles. The third-order valence-electron chi connectivity index (χ3n) is 7.10. The number of phenols is 1. The summed E-state index contributed by atoms with van der Waals surface area (Å²) in [5.41, 5.74) is 2.41. The SMILES string of the molecule is COc1cc(C2/C(=C(\O)c3ccc4c(c3)CC(C)O4)C(=O)C(=O)N2c2nnc(SCc3ccc(Cl)cc3Cl)s2)ccc1O. The summed E-state index contributed by atoms with van der Waals surface area (Å²) < 4.78 is 11.6. The second kappa shape index (κ2) is 11.7. The van der Waals surface area contributed by atoms with Crippen molar-refractivity contribution in [1.29, 1.82) is 0 Å². The minimum absolute atomic E-state index is 0.0115. The van der Waals surface area contributed by atoms with E-state index in [1.165, 1.54) is 35.9 Å². The zero-order chi connectivity index (χ0) is 30.4. The highest BCUT2D eigenvalue weighted by Gasteiger charge is 2.48. The van der Waals surface area contributed by atoms with Crippen LogP contribution in [0.3, 0.4) is 0 Å². The van der Waals surface area contributed by atoms with E-state index in [0.717, 1.165) is 22.5 Å². The maximum Gasteiger partial charge on any atom is 0.301 e. The molecule has 1 aromatic heterocycles. The second-order valence-electron chi connectivity index (χ2n) is 9.93. The number of aliphatic hydroxyl groups is 1. The van der Waals surface area contributed by atoms with Gasteiger partial charge in [-0.15, -0.1) is 10.2 Å². The number of benzene rings is 3. The summed E-state index contributed by atoms with van der Waals surface area (Å²) in [6, 6.07) is 13.8. The molecule has 2 atom stereocenters. The summed E-state index contributed by atoms with van der Waals surface area (Å²) in [6.45, 7) is 1.95. The van der Waals surface area contributed by atoms with Crippen LogP contribution in [0.1, 0.15) is 35.2 Å². The summed E-state index contributed by atoms with van der Waals surface area (Å²) in [4.78, 5) is 28.4. The van der Waals surface area contributed by atoms with Crippen molar-refractivity contribution in [3.05, 3.63) is 92.5 Å². The van der Waals surface area contributed by atoms with Gasteiger partial charge >= 0.3 is 5.91 Å². The number of ketones is 1. The third kappa shape index (κ3) is 5.53. The van der Waals surface area contributed by atoms with Crippen molar-refractivity contribution in [3.63, 3.8) is 0 Å². The highest BCUT2D eigenvalue weighted by Crippen LogP contribution is 2.46. The quantitative estimate of drug-likeness (QED) is 0.0727. The van der Waals surface area contributed by atoms with Gasteiger partial charge in [0.05, 0.1) is 18.7 Å². The molecule has 220 valence electrons. The second-order valence-corrected chi connectivity index (χ2v) is 13.0. The van der Waals surface area contributed by atoms with Crippen molar-refractivity contribution in [1.82, 2.24) is 10.2 Å². The van der Waals surface area contributed by atoms with E-state index < -0.39 is 17.7 Å². The number of rotatable bonds is 7. The number of hydrogen-bond donors (Lipinski definition) is 2. The van der Waals surface area contributed by atoms with Gasteiger partial charge in [0.1, 0.15) is 17.6 Å². The van der Waals surface area contributed by atoms with Gasteiger partial charge in [-0.25, -0.2) is 0 Å². The largest absolute Gasteiger partial charge is 0.507 e. The number of carbonyl (C=O) groups excluding carboxylic acids is 2. The smallest absolute Gasteiger partial charge is 0.301 e. The summed E-state index contributed by atoms with van der Waals surface area (Å²) in [5, 5.41) is 31.5. The van der Waals surface area contributed by atoms with Gasteiger partial charge in [0.2, 0.25) is 5.13 Å². The van der Waals surface area contributed by atoms with E-state index in [9.17, 15) is 19.8 Å². The number of carbonyl (C=O) groups is 2. The van der Waals surface area contributed by atoms with Crippen LogP contribution in [0.25, 0.3) is 5.76 Å². The molecule has 1 saturated heterocycles. The third-order valence-corrected chi connectivity index (χ3v) is 9.79. The number of amides is 1. The Kier molecular flexibility index (Phi) is 7.99. The van der Waals surface area contributed by atoms with Crippen molar-refractivity contribution >= 4 is 68.9 Å². The summed E-state index contributed by atoms with van der Waals surface area (Å²) in [5.74, 6) is -0.878. The molecule has 0 aliphatic carbocycles. The molecule has 43 heavy (non-hydrogen) atoms. The first kappa shape index (κ1) is 29.3. The number of fused-ring (bicyclic) bond motifs is 1. The molecule has 1 fully saturated rings. The average Bonchev–Trinajstić information content (AvgIpc) is 3.67. The van der Waals surface area contributed by atoms with E-state index in [0.29, 0.717) is 43.4 Å². The highest BCUT2D eigenvalue weighted by molar-refractivity contribution is 8.00. The van der Waals surface area contributed by atoms with Crippen LogP contribution in [-0.2, 0) is 21.8 Å². The van der Waals surface area contributed by atoms with Crippen LogP contribution in [0.15, 0.2) is 64.5 Å². The number of Topliss-reactive ketones (excluding diaryl/α,β-unsaturated/α-hetero) is 1. The van der Waals surface area contributed by atoms with Crippen LogP contribution in [0, 0.1) is 0 Å². The molecule has 6 rings (SSSR count). The van der Waals surface area contributed by atoms with E-state index in [4.69, 9.17) is 32.7 Å². The minimum Gasteiger partial charge on any atom is -0.507 e. The number of ether oxygens (including phenoxy) is 2. The Morgan fingerprint density at radius 3 is 2.72 bits per heavy atom. The first-order chi connectivity index (χ1) is 20.6. The molecule has 2 unspecified atom stereocenters. The van der Waals surface area contributed by atoms with E-state index in [2.05, 4.69) is 10.2 Å². The molecule has 3 aromatic carbocycles. The van der Waals surface area contributed by atoms with Gasteiger partial charge in [-0.2, -0.15) is 0 Å². The molecular formula is C30H23Cl2N3O6S2. The fourth-order valence-corrected chi connectivity index (χ4v) is 7.50. The van der Waals surface area contributed by atoms with Crippen LogP contribution in [-0.4, -0.2) is 45.3 Å². The van der Waals surface area contributed by atoms with Crippen molar-refractivity contribution in [2.75, 3.05) is 12.0 Å². The summed E-state index contributed by atoms with van der Waals surface area (Å²) >= 11 is 14.8. The van der Waals surface area contributed by atoms with Gasteiger partial charge in [0, 0.05) is 27.8 Å². The van der Waals surface area contributed by atoms with Gasteiger partial charge in [-0.1, -0.05) is 58.4 Å². The number of aromatic nitrogens is 2. The van der Waals surface area contributed by atoms with Crippen molar-refractivity contribution in [2.45, 2.75) is 35.6 Å². The number of anilines is 1. The fraction of sp³-hybridized carbons (Fsp3) is 0.200. The van der Waals surface area contributed by atoms with Crippen LogP contribution < -0.4 is 14.4 Å². The number of halogens is 2. The van der Waals surface area contributed by atoms with Crippen molar-refractivity contribution in [3.8, 4) is 17.2 Å². The minimum atomic E-state index is -1.07. The zero-order valence-electron chi connectivity index (χ0n) is 22.7.